The fraction of sp³-hybridized carbons (Fsp3) is 0.289. The molecule has 4 aromatic rings. The summed E-state index contributed by atoms with van der Waals surface area (Å²) < 4.78 is 5.14. The minimum Gasteiger partial charge on any atom is -0.462 e. The van der Waals surface area contributed by atoms with Gasteiger partial charge < -0.3 is 9.84 Å². The Morgan fingerprint density at radius 3 is 1.76 bits per heavy atom. The lowest BCUT2D eigenvalue weighted by Gasteiger charge is -2.13. The van der Waals surface area contributed by atoms with Crippen LogP contribution in [0.1, 0.15) is 56.2 Å². The van der Waals surface area contributed by atoms with E-state index in [9.17, 15) is 4.79 Å². The fourth-order valence-corrected chi connectivity index (χ4v) is 5.10. The number of rotatable bonds is 14. The second-order valence-electron chi connectivity index (χ2n) is 10.7. The van der Waals surface area contributed by atoms with Crippen molar-refractivity contribution in [2.45, 2.75) is 58.8 Å². The average Bonchev–Trinajstić information content (AvgIpc) is 3.03. The Morgan fingerprint density at radius 1 is 0.683 bits per heavy atom. The molecule has 0 fully saturated rings. The monoisotopic (exact) mass is 546 g/mol. The van der Waals surface area contributed by atoms with E-state index in [0.717, 1.165) is 25.7 Å². The molecule has 0 unspecified atom stereocenters. The molecular weight excluding hydrogens is 504 g/mol. The lowest BCUT2D eigenvalue weighted by atomic mass is 9.92. The summed E-state index contributed by atoms with van der Waals surface area (Å²) in [6.07, 6.45) is 7.47. The molecule has 0 atom stereocenters. The minimum atomic E-state index is -0.530. The number of carbonyl (C=O) groups excluding carboxylic acids is 1. The number of aliphatic hydroxyl groups excluding tert-OH is 1. The van der Waals surface area contributed by atoms with Crippen molar-refractivity contribution in [1.82, 2.24) is 0 Å². The highest BCUT2D eigenvalue weighted by atomic mass is 16.5. The number of hydrogen-bond acceptors (Lipinski definition) is 3. The Bertz CT molecular complexity index is 1410. The van der Waals surface area contributed by atoms with Gasteiger partial charge in [-0.25, -0.2) is 4.79 Å². The zero-order valence-electron chi connectivity index (χ0n) is 24.5. The first-order chi connectivity index (χ1) is 20.0. The van der Waals surface area contributed by atoms with Crippen LogP contribution in [0, 0.1) is 0 Å². The molecule has 0 aliphatic carbocycles. The summed E-state index contributed by atoms with van der Waals surface area (Å²) in [5.41, 5.74) is 11.5. The van der Waals surface area contributed by atoms with Gasteiger partial charge in [0.05, 0.1) is 18.8 Å². The van der Waals surface area contributed by atoms with Gasteiger partial charge >= 0.3 is 5.97 Å². The summed E-state index contributed by atoms with van der Waals surface area (Å²) in [6, 6.07) is 33.4. The van der Waals surface area contributed by atoms with Gasteiger partial charge in [0.15, 0.2) is 0 Å². The van der Waals surface area contributed by atoms with Crippen LogP contribution in [0.25, 0.3) is 33.4 Å². The summed E-state index contributed by atoms with van der Waals surface area (Å²) >= 11 is 0. The molecule has 4 rings (SSSR count). The molecule has 41 heavy (non-hydrogen) atoms. The van der Waals surface area contributed by atoms with E-state index in [-0.39, 0.29) is 12.2 Å². The number of hydrogen-bond donors (Lipinski definition) is 1. The van der Waals surface area contributed by atoms with E-state index in [4.69, 9.17) is 9.84 Å². The number of aryl methyl sites for hydroxylation is 3. The van der Waals surface area contributed by atoms with Crippen molar-refractivity contribution in [3.63, 3.8) is 0 Å². The van der Waals surface area contributed by atoms with E-state index in [1.165, 1.54) is 69.3 Å². The second kappa shape index (κ2) is 15.2. The highest BCUT2D eigenvalue weighted by Crippen LogP contribution is 2.31. The Morgan fingerprint density at radius 2 is 1.20 bits per heavy atom. The van der Waals surface area contributed by atoms with Gasteiger partial charge in [-0.05, 0) is 82.2 Å². The highest BCUT2D eigenvalue weighted by molar-refractivity contribution is 5.87. The molecule has 1 N–H and O–H groups in total. The third-order valence-electron chi connectivity index (χ3n) is 7.65. The highest BCUT2D eigenvalue weighted by Gasteiger charge is 2.09. The van der Waals surface area contributed by atoms with E-state index < -0.39 is 5.97 Å². The van der Waals surface area contributed by atoms with Crippen LogP contribution in [-0.4, -0.2) is 24.3 Å². The van der Waals surface area contributed by atoms with Gasteiger partial charge in [-0.15, -0.1) is 0 Å². The molecule has 3 heteroatoms. The molecule has 0 aliphatic heterocycles. The van der Waals surface area contributed by atoms with Crippen LogP contribution in [0.15, 0.2) is 103 Å². The number of benzene rings is 4. The predicted molar refractivity (Wildman–Crippen MR) is 171 cm³/mol. The molecule has 4 aromatic carbocycles. The second-order valence-corrected chi connectivity index (χ2v) is 10.7. The van der Waals surface area contributed by atoms with Crippen LogP contribution >= 0.6 is 0 Å². The van der Waals surface area contributed by atoms with Gasteiger partial charge in [0.25, 0.3) is 0 Å². The molecule has 0 radical (unpaired) electrons. The molecule has 0 spiro atoms. The molecule has 0 amide bonds. The van der Waals surface area contributed by atoms with Crippen LogP contribution in [0.3, 0.4) is 0 Å². The standard InChI is InChI=1S/C38H42O3/c1-4-6-7-9-29-11-15-32(16-12-29)33-19-21-34(22-20-33)36-23-24-37(31(5-2)26-36)35-17-13-30(14-18-35)10-8-25-41-38(40)28(3)27-39/h11-24,26,39H,3-10,25,27H2,1-2H3. The maximum Gasteiger partial charge on any atom is 0.335 e. The average molecular weight is 547 g/mol. The summed E-state index contributed by atoms with van der Waals surface area (Å²) in [5, 5.41) is 8.95. The fourth-order valence-electron chi connectivity index (χ4n) is 5.10. The van der Waals surface area contributed by atoms with Crippen molar-refractivity contribution in [3.05, 3.63) is 120 Å². The maximum atomic E-state index is 11.6. The smallest absolute Gasteiger partial charge is 0.335 e. The first-order valence-corrected chi connectivity index (χ1v) is 14.9. The molecule has 0 aliphatic rings. The van der Waals surface area contributed by atoms with E-state index in [1.54, 1.807) is 0 Å². The number of esters is 1. The molecule has 3 nitrogen and oxygen atoms in total. The SMILES string of the molecule is C=C(CO)C(=O)OCCCc1ccc(-c2ccc(-c3ccc(-c4ccc(CCCCC)cc4)cc3)cc2CC)cc1. The molecular formula is C38H42O3. The van der Waals surface area contributed by atoms with Gasteiger partial charge in [0.1, 0.15) is 0 Å². The number of ether oxygens (including phenoxy) is 1. The van der Waals surface area contributed by atoms with Crippen molar-refractivity contribution in [3.8, 4) is 33.4 Å². The predicted octanol–water partition coefficient (Wildman–Crippen LogP) is 9.01. The summed E-state index contributed by atoms with van der Waals surface area (Å²) in [7, 11) is 0. The van der Waals surface area contributed by atoms with Gasteiger partial charge in [-0.1, -0.05) is 124 Å². The Kier molecular flexibility index (Phi) is 11.1. The van der Waals surface area contributed by atoms with Crippen LogP contribution in [0.2, 0.25) is 0 Å². The zero-order valence-corrected chi connectivity index (χ0v) is 24.5. The molecule has 0 saturated carbocycles. The first kappa shape index (κ1) is 30.0. The lowest BCUT2D eigenvalue weighted by Crippen LogP contribution is -2.11. The molecule has 0 bridgehead atoms. The number of unbranched alkanes of at least 4 members (excludes halogenated alkanes) is 2. The van der Waals surface area contributed by atoms with E-state index in [2.05, 4.69) is 111 Å². The topological polar surface area (TPSA) is 46.5 Å². The van der Waals surface area contributed by atoms with Crippen LogP contribution < -0.4 is 0 Å². The molecule has 212 valence electrons. The first-order valence-electron chi connectivity index (χ1n) is 14.9. The largest absolute Gasteiger partial charge is 0.462 e. The molecule has 0 aromatic heterocycles. The summed E-state index contributed by atoms with van der Waals surface area (Å²) in [6.45, 7) is 7.88. The van der Waals surface area contributed by atoms with Crippen molar-refractivity contribution in [2.24, 2.45) is 0 Å². The van der Waals surface area contributed by atoms with Gasteiger partial charge in [-0.2, -0.15) is 0 Å². The quantitative estimate of drug-likeness (QED) is 0.0975. The van der Waals surface area contributed by atoms with Gasteiger partial charge in [0, 0.05) is 0 Å². The van der Waals surface area contributed by atoms with Crippen LogP contribution in [-0.2, 0) is 28.8 Å². The van der Waals surface area contributed by atoms with Gasteiger partial charge in [0.2, 0.25) is 0 Å². The third kappa shape index (κ3) is 8.28. The van der Waals surface area contributed by atoms with Crippen LogP contribution in [0.5, 0.6) is 0 Å². The van der Waals surface area contributed by atoms with Crippen molar-refractivity contribution in [2.75, 3.05) is 13.2 Å². The van der Waals surface area contributed by atoms with Crippen molar-refractivity contribution < 1.29 is 14.6 Å². The minimum absolute atomic E-state index is 0.0859. The van der Waals surface area contributed by atoms with Crippen molar-refractivity contribution in [1.29, 1.82) is 0 Å². The molecule has 0 saturated heterocycles. The molecule has 0 heterocycles. The van der Waals surface area contributed by atoms with Crippen LogP contribution in [0.4, 0.5) is 0 Å². The normalized spacial score (nSPS) is 10.9. The van der Waals surface area contributed by atoms with Gasteiger partial charge in [-0.3, -0.25) is 0 Å². The Hall–Kier alpha value is -3.95. The number of aliphatic hydroxyl groups is 1. The Balaban J connectivity index is 1.39. The number of carbonyl (C=O) groups is 1. The Labute approximate surface area is 245 Å². The maximum absolute atomic E-state index is 11.6. The van der Waals surface area contributed by atoms with E-state index >= 15 is 0 Å². The summed E-state index contributed by atoms with van der Waals surface area (Å²) in [5.74, 6) is -0.530. The lowest BCUT2D eigenvalue weighted by molar-refractivity contribution is -0.139. The van der Waals surface area contributed by atoms with Crippen molar-refractivity contribution >= 4 is 5.97 Å². The third-order valence-corrected chi connectivity index (χ3v) is 7.65. The summed E-state index contributed by atoms with van der Waals surface area (Å²) in [4.78, 5) is 11.6. The zero-order chi connectivity index (χ0) is 29.0. The van der Waals surface area contributed by atoms with E-state index in [1.807, 2.05) is 0 Å². The van der Waals surface area contributed by atoms with E-state index in [0.29, 0.717) is 6.61 Å².